The molecule has 7 heteroatoms. The molecule has 0 saturated carbocycles. The highest BCUT2D eigenvalue weighted by Gasteiger charge is 2.19. The predicted molar refractivity (Wildman–Crippen MR) is 79.1 cm³/mol. The second-order valence-corrected chi connectivity index (χ2v) is 5.23. The van der Waals surface area contributed by atoms with Gasteiger partial charge in [0.2, 0.25) is 0 Å². The monoisotopic (exact) mass is 343 g/mol. The lowest BCUT2D eigenvalue weighted by atomic mass is 10.2. The van der Waals surface area contributed by atoms with Crippen molar-refractivity contribution >= 4 is 22.0 Å². The smallest absolute Gasteiger partial charge is 0.317 e. The number of nitrogens with two attached hydrogens (primary N) is 1. The van der Waals surface area contributed by atoms with Crippen molar-refractivity contribution in [3.05, 3.63) is 22.2 Å². The minimum atomic E-state index is -0.0434. The lowest BCUT2D eigenvalue weighted by molar-refractivity contribution is 0.200. The SMILES string of the molecule is COc1cc(CN)cc(Br)c1OCCN1CCNC1=O. The predicted octanol–water partition coefficient (Wildman–Crippen LogP) is 1.32. The first-order chi connectivity index (χ1) is 9.65. The Labute approximate surface area is 126 Å². The standard InChI is InChI=1S/C13H18BrN3O3/c1-19-11-7-9(8-15)6-10(14)12(11)20-5-4-17-3-2-16-13(17)18/h6-7H,2-5,8,15H2,1H3,(H,16,18). The Morgan fingerprint density at radius 3 is 2.90 bits per heavy atom. The van der Waals surface area contributed by atoms with Crippen LogP contribution in [0.4, 0.5) is 4.79 Å². The van der Waals surface area contributed by atoms with Crippen LogP contribution in [-0.4, -0.2) is 44.3 Å². The van der Waals surface area contributed by atoms with E-state index in [1.807, 2.05) is 12.1 Å². The number of hydrogen-bond acceptors (Lipinski definition) is 4. The van der Waals surface area contributed by atoms with E-state index < -0.39 is 0 Å². The summed E-state index contributed by atoms with van der Waals surface area (Å²) in [6.45, 7) is 2.79. The molecule has 2 amide bonds. The van der Waals surface area contributed by atoms with Crippen LogP contribution in [0.5, 0.6) is 11.5 Å². The lowest BCUT2D eigenvalue weighted by Crippen LogP contribution is -2.31. The summed E-state index contributed by atoms with van der Waals surface area (Å²) in [4.78, 5) is 13.1. The quantitative estimate of drug-likeness (QED) is 0.816. The van der Waals surface area contributed by atoms with Crippen molar-refractivity contribution in [2.24, 2.45) is 5.73 Å². The first-order valence-corrected chi connectivity index (χ1v) is 7.17. The van der Waals surface area contributed by atoms with E-state index in [4.69, 9.17) is 15.2 Å². The number of nitrogens with zero attached hydrogens (tertiary/aromatic N) is 1. The Morgan fingerprint density at radius 1 is 1.50 bits per heavy atom. The Balaban J connectivity index is 1.99. The number of benzene rings is 1. The Morgan fingerprint density at radius 2 is 2.30 bits per heavy atom. The van der Waals surface area contributed by atoms with Crippen molar-refractivity contribution < 1.29 is 14.3 Å². The van der Waals surface area contributed by atoms with Gasteiger partial charge in [0.15, 0.2) is 11.5 Å². The number of halogens is 1. The third kappa shape index (κ3) is 3.34. The van der Waals surface area contributed by atoms with Gasteiger partial charge in [-0.05, 0) is 33.6 Å². The van der Waals surface area contributed by atoms with E-state index in [0.29, 0.717) is 44.3 Å². The number of carbonyl (C=O) groups is 1. The van der Waals surface area contributed by atoms with Gasteiger partial charge in [0, 0.05) is 19.6 Å². The molecule has 110 valence electrons. The van der Waals surface area contributed by atoms with E-state index in [1.165, 1.54) is 0 Å². The minimum Gasteiger partial charge on any atom is -0.493 e. The summed E-state index contributed by atoms with van der Waals surface area (Å²) in [7, 11) is 1.59. The van der Waals surface area contributed by atoms with Crippen molar-refractivity contribution in [1.29, 1.82) is 0 Å². The molecular formula is C13H18BrN3O3. The molecule has 0 atom stereocenters. The maximum atomic E-state index is 11.4. The molecule has 1 heterocycles. The highest BCUT2D eigenvalue weighted by Crippen LogP contribution is 2.36. The van der Waals surface area contributed by atoms with E-state index >= 15 is 0 Å². The fraction of sp³-hybridized carbons (Fsp3) is 0.462. The molecule has 3 N–H and O–H groups in total. The molecule has 1 aliphatic heterocycles. The highest BCUT2D eigenvalue weighted by atomic mass is 79.9. The second-order valence-electron chi connectivity index (χ2n) is 4.38. The van der Waals surface area contributed by atoms with E-state index in [-0.39, 0.29) is 6.03 Å². The Hall–Kier alpha value is -1.47. The lowest BCUT2D eigenvalue weighted by Gasteiger charge is -2.17. The number of nitrogens with one attached hydrogen (secondary N) is 1. The second kappa shape index (κ2) is 6.81. The van der Waals surface area contributed by atoms with E-state index in [2.05, 4.69) is 21.2 Å². The average Bonchev–Trinajstić information content (AvgIpc) is 2.85. The van der Waals surface area contributed by atoms with Gasteiger partial charge in [0.25, 0.3) is 0 Å². The molecule has 6 nitrogen and oxygen atoms in total. The minimum absolute atomic E-state index is 0.0434. The number of ether oxygens (including phenoxy) is 2. The molecule has 0 aromatic heterocycles. The van der Waals surface area contributed by atoms with Crippen LogP contribution in [0.2, 0.25) is 0 Å². The van der Waals surface area contributed by atoms with Gasteiger partial charge >= 0.3 is 6.03 Å². The summed E-state index contributed by atoms with van der Waals surface area (Å²) in [5.74, 6) is 1.26. The third-order valence-corrected chi connectivity index (χ3v) is 3.67. The van der Waals surface area contributed by atoms with Crippen LogP contribution in [0.25, 0.3) is 0 Å². The maximum Gasteiger partial charge on any atom is 0.317 e. The molecule has 0 radical (unpaired) electrons. The van der Waals surface area contributed by atoms with E-state index in [9.17, 15) is 4.79 Å². The van der Waals surface area contributed by atoms with Gasteiger partial charge in [-0.25, -0.2) is 4.79 Å². The van der Waals surface area contributed by atoms with Gasteiger partial charge in [0.05, 0.1) is 18.1 Å². The summed E-state index contributed by atoms with van der Waals surface area (Å²) in [6.07, 6.45) is 0. The normalized spacial score (nSPS) is 14.3. The van der Waals surface area contributed by atoms with Gasteiger partial charge in [-0.15, -0.1) is 0 Å². The largest absolute Gasteiger partial charge is 0.493 e. The van der Waals surface area contributed by atoms with Crippen LogP contribution in [-0.2, 0) is 6.54 Å². The molecule has 1 aromatic rings. The summed E-state index contributed by atoms with van der Waals surface area (Å²) in [5.41, 5.74) is 6.58. The third-order valence-electron chi connectivity index (χ3n) is 3.08. The zero-order valence-electron chi connectivity index (χ0n) is 11.3. The Kier molecular flexibility index (Phi) is 5.08. The zero-order chi connectivity index (χ0) is 14.5. The van der Waals surface area contributed by atoms with E-state index in [1.54, 1.807) is 12.0 Å². The fourth-order valence-electron chi connectivity index (χ4n) is 2.01. The number of methoxy groups -OCH3 is 1. The van der Waals surface area contributed by atoms with Gasteiger partial charge < -0.3 is 25.4 Å². The van der Waals surface area contributed by atoms with Gasteiger partial charge in [-0.1, -0.05) is 0 Å². The van der Waals surface area contributed by atoms with Crippen LogP contribution >= 0.6 is 15.9 Å². The molecule has 1 saturated heterocycles. The topological polar surface area (TPSA) is 76.8 Å². The molecule has 20 heavy (non-hydrogen) atoms. The molecule has 1 aliphatic rings. The van der Waals surface area contributed by atoms with Gasteiger partial charge in [-0.3, -0.25) is 0 Å². The first kappa shape index (κ1) is 14.9. The van der Waals surface area contributed by atoms with Crippen molar-refractivity contribution in [1.82, 2.24) is 10.2 Å². The fourth-order valence-corrected chi connectivity index (χ4v) is 2.62. The van der Waals surface area contributed by atoms with Gasteiger partial charge in [-0.2, -0.15) is 0 Å². The number of amides is 2. The van der Waals surface area contributed by atoms with Crippen LogP contribution in [0.1, 0.15) is 5.56 Å². The van der Waals surface area contributed by atoms with Crippen LogP contribution in [0.15, 0.2) is 16.6 Å². The van der Waals surface area contributed by atoms with Crippen LogP contribution < -0.4 is 20.5 Å². The molecule has 0 spiro atoms. The number of carbonyl (C=O) groups excluding carboxylic acids is 1. The number of urea groups is 1. The van der Waals surface area contributed by atoms with Crippen molar-refractivity contribution in [2.75, 3.05) is 33.4 Å². The Bertz CT molecular complexity index is 496. The number of rotatable bonds is 6. The molecule has 1 aromatic carbocycles. The summed E-state index contributed by atoms with van der Waals surface area (Å²) >= 11 is 3.45. The molecule has 0 bridgehead atoms. The first-order valence-electron chi connectivity index (χ1n) is 6.37. The molecule has 0 unspecified atom stereocenters. The van der Waals surface area contributed by atoms with Crippen LogP contribution in [0, 0.1) is 0 Å². The van der Waals surface area contributed by atoms with E-state index in [0.717, 1.165) is 10.0 Å². The summed E-state index contributed by atoms with van der Waals surface area (Å²) < 4.78 is 11.8. The van der Waals surface area contributed by atoms with Crippen molar-refractivity contribution in [3.8, 4) is 11.5 Å². The van der Waals surface area contributed by atoms with Crippen LogP contribution in [0.3, 0.4) is 0 Å². The maximum absolute atomic E-state index is 11.4. The van der Waals surface area contributed by atoms with Gasteiger partial charge in [0.1, 0.15) is 6.61 Å². The van der Waals surface area contributed by atoms with Crippen molar-refractivity contribution in [2.45, 2.75) is 6.54 Å². The highest BCUT2D eigenvalue weighted by molar-refractivity contribution is 9.10. The number of hydrogen-bond donors (Lipinski definition) is 2. The summed E-state index contributed by atoms with van der Waals surface area (Å²) in [5, 5.41) is 2.75. The average molecular weight is 344 g/mol. The molecule has 1 fully saturated rings. The molecular weight excluding hydrogens is 326 g/mol. The molecule has 2 rings (SSSR count). The van der Waals surface area contributed by atoms with Crippen molar-refractivity contribution in [3.63, 3.8) is 0 Å². The summed E-state index contributed by atoms with van der Waals surface area (Å²) in [6, 6.07) is 3.71. The zero-order valence-corrected chi connectivity index (χ0v) is 12.9. The molecule has 0 aliphatic carbocycles.